The van der Waals surface area contributed by atoms with Gasteiger partial charge in [-0.15, -0.1) is 22.7 Å². The van der Waals surface area contributed by atoms with Crippen molar-refractivity contribution in [3.05, 3.63) is 113 Å². The van der Waals surface area contributed by atoms with Gasteiger partial charge in [0.2, 0.25) is 0 Å². The number of hydrogen-bond donors (Lipinski definition) is 1. The average molecular weight is 615 g/mol. The Morgan fingerprint density at radius 2 is 1.43 bits per heavy atom. The van der Waals surface area contributed by atoms with E-state index in [4.69, 9.17) is 11.3 Å². The van der Waals surface area contributed by atoms with Gasteiger partial charge in [0.1, 0.15) is 11.6 Å². The van der Waals surface area contributed by atoms with Crippen molar-refractivity contribution in [1.82, 2.24) is 9.97 Å². The number of thiazole rings is 2. The molecule has 0 atom stereocenters. The van der Waals surface area contributed by atoms with E-state index in [-0.39, 0.29) is 24.1 Å². The molecule has 0 spiro atoms. The normalized spacial score (nSPS) is 10.1. The first-order valence-corrected chi connectivity index (χ1v) is 15.1. The van der Waals surface area contributed by atoms with E-state index in [2.05, 4.69) is 24.7 Å². The zero-order valence-corrected chi connectivity index (χ0v) is 25.9. The standard InChI is InChI=1S/C13H13FN4S.C13H15FN2S.C4H8O2/c1-9-17-12(8-19-9)5-4-11-3-2-10(6-13(11)14)7-16-18-15;1-9-16-12(8-17-9)5-4-11-3-2-10(7-15)6-13(11)14;1-3-6-4(2)5/h2-3,6,8H,4-5,7H2,1H3;2-3,6,8H,4-5,7,15H2,1H3;3H2,1-2H3. The van der Waals surface area contributed by atoms with Crippen molar-refractivity contribution in [2.75, 3.05) is 6.61 Å². The first-order chi connectivity index (χ1) is 20.1. The second-order valence-corrected chi connectivity index (χ2v) is 11.2. The van der Waals surface area contributed by atoms with Crippen LogP contribution in [0.3, 0.4) is 0 Å². The van der Waals surface area contributed by atoms with Gasteiger partial charge in [-0.05, 0) is 86.4 Å². The number of benzene rings is 2. The van der Waals surface area contributed by atoms with E-state index in [1.165, 1.54) is 19.1 Å². The molecule has 0 bridgehead atoms. The predicted octanol–water partition coefficient (Wildman–Crippen LogP) is 7.59. The van der Waals surface area contributed by atoms with E-state index >= 15 is 0 Å². The molecular weight excluding hydrogens is 579 g/mol. The maximum atomic E-state index is 13.8. The first kappa shape index (κ1) is 34.5. The summed E-state index contributed by atoms with van der Waals surface area (Å²) in [7, 11) is 0. The molecule has 0 unspecified atom stereocenters. The number of carbonyl (C=O) groups is 1. The molecule has 2 heterocycles. The third-order valence-electron chi connectivity index (χ3n) is 5.77. The highest BCUT2D eigenvalue weighted by molar-refractivity contribution is 7.09. The lowest BCUT2D eigenvalue weighted by Gasteiger charge is -2.04. The zero-order chi connectivity index (χ0) is 30.9. The van der Waals surface area contributed by atoms with Crippen LogP contribution in [0.2, 0.25) is 0 Å². The van der Waals surface area contributed by atoms with Gasteiger partial charge >= 0.3 is 5.97 Å². The molecule has 42 heavy (non-hydrogen) atoms. The molecule has 0 saturated heterocycles. The molecule has 0 radical (unpaired) electrons. The molecule has 4 aromatic rings. The number of nitrogens with zero attached hydrogens (tertiary/aromatic N) is 5. The molecule has 224 valence electrons. The average Bonchev–Trinajstić information content (AvgIpc) is 3.58. The monoisotopic (exact) mass is 614 g/mol. The summed E-state index contributed by atoms with van der Waals surface area (Å²) >= 11 is 3.23. The van der Waals surface area contributed by atoms with Crippen molar-refractivity contribution < 1.29 is 18.3 Å². The lowest BCUT2D eigenvalue weighted by atomic mass is 10.1. The number of azide groups is 1. The van der Waals surface area contributed by atoms with E-state index < -0.39 is 0 Å². The number of halogens is 2. The summed E-state index contributed by atoms with van der Waals surface area (Å²) < 4.78 is 31.9. The van der Waals surface area contributed by atoms with Crippen molar-refractivity contribution in [2.24, 2.45) is 10.8 Å². The van der Waals surface area contributed by atoms with Crippen LogP contribution in [0.4, 0.5) is 8.78 Å². The van der Waals surface area contributed by atoms with Gasteiger partial charge in [0, 0.05) is 29.1 Å². The fraction of sp³-hybridized carbons (Fsp3) is 0.367. The smallest absolute Gasteiger partial charge is 0.302 e. The van der Waals surface area contributed by atoms with Crippen LogP contribution in [0.5, 0.6) is 0 Å². The van der Waals surface area contributed by atoms with Crippen LogP contribution in [0.25, 0.3) is 10.4 Å². The predicted molar refractivity (Wildman–Crippen MR) is 164 cm³/mol. The molecule has 2 aromatic carbocycles. The Bertz CT molecular complexity index is 1470. The fourth-order valence-electron chi connectivity index (χ4n) is 3.70. The van der Waals surface area contributed by atoms with Gasteiger partial charge in [-0.2, -0.15) is 0 Å². The lowest BCUT2D eigenvalue weighted by Crippen LogP contribution is -2.00. The molecule has 0 amide bonds. The van der Waals surface area contributed by atoms with Gasteiger partial charge in [0.25, 0.3) is 0 Å². The third kappa shape index (κ3) is 12.9. The number of hydrogen-bond acceptors (Lipinski definition) is 8. The van der Waals surface area contributed by atoms with Crippen molar-refractivity contribution >= 4 is 28.6 Å². The minimum absolute atomic E-state index is 0.167. The van der Waals surface area contributed by atoms with E-state index in [0.29, 0.717) is 37.1 Å². The first-order valence-electron chi connectivity index (χ1n) is 13.4. The summed E-state index contributed by atoms with van der Waals surface area (Å²) in [6.07, 6.45) is 2.82. The molecule has 0 aliphatic carbocycles. The molecule has 0 fully saturated rings. The summed E-state index contributed by atoms with van der Waals surface area (Å²) in [5.74, 6) is -0.630. The van der Waals surface area contributed by atoms with Crippen LogP contribution in [-0.4, -0.2) is 22.5 Å². The van der Waals surface area contributed by atoms with Gasteiger partial charge in [-0.3, -0.25) is 4.79 Å². The van der Waals surface area contributed by atoms with Crippen LogP contribution < -0.4 is 5.73 Å². The van der Waals surface area contributed by atoms with Crippen molar-refractivity contribution in [3.8, 4) is 0 Å². The summed E-state index contributed by atoms with van der Waals surface area (Å²) in [6, 6.07) is 10.2. The van der Waals surface area contributed by atoms with E-state index in [9.17, 15) is 13.6 Å². The second kappa shape index (κ2) is 18.7. The molecule has 2 aromatic heterocycles. The van der Waals surface area contributed by atoms with Crippen molar-refractivity contribution in [1.29, 1.82) is 0 Å². The molecule has 2 N–H and O–H groups in total. The molecule has 8 nitrogen and oxygen atoms in total. The molecule has 4 rings (SSSR count). The summed E-state index contributed by atoms with van der Waals surface area (Å²) in [6.45, 7) is 8.14. The van der Waals surface area contributed by atoms with E-state index in [1.54, 1.807) is 41.7 Å². The van der Waals surface area contributed by atoms with Crippen molar-refractivity contribution in [3.63, 3.8) is 0 Å². The van der Waals surface area contributed by atoms with Crippen molar-refractivity contribution in [2.45, 2.75) is 66.5 Å². The van der Waals surface area contributed by atoms with Crippen LogP contribution in [0.15, 0.2) is 52.3 Å². The SMILES string of the molecule is CCOC(C)=O.Cc1nc(CCc2ccc(CN)cc2F)cs1.Cc1nc(CCc2ccc(CN=[N+]=[N-])cc2F)cs1. The Morgan fingerprint density at radius 1 is 0.929 bits per heavy atom. The maximum Gasteiger partial charge on any atom is 0.302 e. The summed E-state index contributed by atoms with van der Waals surface area (Å²) in [5, 5.41) is 9.53. The lowest BCUT2D eigenvalue weighted by molar-refractivity contribution is -0.140. The van der Waals surface area contributed by atoms with Crippen LogP contribution in [-0.2, 0) is 48.3 Å². The summed E-state index contributed by atoms with van der Waals surface area (Å²) in [5.41, 5.74) is 18.6. The fourth-order valence-corrected chi connectivity index (χ4v) is 4.99. The second-order valence-electron chi connectivity index (χ2n) is 9.08. The van der Waals surface area contributed by atoms with Crippen LogP contribution >= 0.6 is 22.7 Å². The largest absolute Gasteiger partial charge is 0.466 e. The topological polar surface area (TPSA) is 127 Å². The number of rotatable bonds is 10. The van der Waals surface area contributed by atoms with Crippen LogP contribution in [0, 0.1) is 25.5 Å². The number of ether oxygens (including phenoxy) is 1. The van der Waals surface area contributed by atoms with Crippen LogP contribution in [0.1, 0.15) is 57.5 Å². The van der Waals surface area contributed by atoms with Gasteiger partial charge < -0.3 is 10.5 Å². The Kier molecular flexibility index (Phi) is 15.3. The highest BCUT2D eigenvalue weighted by atomic mass is 32.1. The highest BCUT2D eigenvalue weighted by Gasteiger charge is 2.07. The van der Waals surface area contributed by atoms with Gasteiger partial charge in [-0.25, -0.2) is 18.7 Å². The molecule has 0 saturated carbocycles. The minimum atomic E-state index is -0.252. The van der Waals surface area contributed by atoms with E-state index in [0.717, 1.165) is 45.4 Å². The van der Waals surface area contributed by atoms with Gasteiger partial charge in [-0.1, -0.05) is 29.4 Å². The Hall–Kier alpha value is -3.70. The molecule has 12 heteroatoms. The molecule has 0 aliphatic heterocycles. The van der Waals surface area contributed by atoms with E-state index in [1.807, 2.05) is 36.7 Å². The maximum absolute atomic E-state index is 13.8. The Labute approximate surface area is 253 Å². The number of carbonyl (C=O) groups excluding carboxylic acids is 1. The number of aromatic nitrogens is 2. The summed E-state index contributed by atoms with van der Waals surface area (Å²) in [4.78, 5) is 21.2. The quantitative estimate of drug-likeness (QED) is 0.0852. The third-order valence-corrected chi connectivity index (χ3v) is 7.41. The minimum Gasteiger partial charge on any atom is -0.466 e. The van der Waals surface area contributed by atoms with Gasteiger partial charge in [0.15, 0.2) is 0 Å². The molecular formula is C30H36F2N6O2S2. The zero-order valence-electron chi connectivity index (χ0n) is 24.3. The Balaban J connectivity index is 0.000000248. The number of nitrogens with two attached hydrogens (primary N) is 1. The highest BCUT2D eigenvalue weighted by Crippen LogP contribution is 2.17. The molecule has 0 aliphatic rings. The number of esters is 1. The van der Waals surface area contributed by atoms with Gasteiger partial charge in [0.05, 0.1) is 34.6 Å². The Morgan fingerprint density at radius 3 is 1.79 bits per heavy atom. The number of aryl methyl sites for hydroxylation is 6.